The van der Waals surface area contributed by atoms with Crippen molar-refractivity contribution >= 4 is 27.5 Å². The molecule has 7 heteroatoms. The van der Waals surface area contributed by atoms with E-state index in [1.807, 2.05) is 6.07 Å². The van der Waals surface area contributed by atoms with E-state index in [9.17, 15) is 13.2 Å². The van der Waals surface area contributed by atoms with E-state index in [1.54, 1.807) is 0 Å². The minimum absolute atomic E-state index is 0.115. The minimum atomic E-state index is -3.58. The number of halogens is 1. The third-order valence-electron chi connectivity index (χ3n) is 4.90. The van der Waals surface area contributed by atoms with Crippen LogP contribution in [0.5, 0.6) is 0 Å². The van der Waals surface area contributed by atoms with E-state index in [0.29, 0.717) is 19.6 Å². The number of hydrogen-bond donors (Lipinski definition) is 1. The molecule has 28 heavy (non-hydrogen) atoms. The first kappa shape index (κ1) is 20.8. The van der Waals surface area contributed by atoms with Gasteiger partial charge in [-0.2, -0.15) is 4.31 Å². The standard InChI is InChI=1S/C21H25ClN2O3S/c1-16-6-4-7-17(14-16)8-5-11-23-21(25)19-15-18(9-10-20(19)22)28(26,27)24-12-2-3-13-24/h4,6-7,9-10,14-15H,2-3,5,8,11-13H2,1H3,(H,23,25). The van der Waals surface area contributed by atoms with Crippen LogP contribution >= 0.6 is 11.6 Å². The fraction of sp³-hybridized carbons (Fsp3) is 0.381. The molecule has 0 unspecified atom stereocenters. The smallest absolute Gasteiger partial charge is 0.252 e. The summed E-state index contributed by atoms with van der Waals surface area (Å²) in [6.45, 7) is 3.58. The first-order valence-electron chi connectivity index (χ1n) is 9.51. The van der Waals surface area contributed by atoms with Gasteiger partial charge in [0.25, 0.3) is 5.91 Å². The van der Waals surface area contributed by atoms with Gasteiger partial charge in [-0.3, -0.25) is 4.79 Å². The first-order valence-corrected chi connectivity index (χ1v) is 11.3. The number of carbonyl (C=O) groups is 1. The van der Waals surface area contributed by atoms with Gasteiger partial charge in [0.2, 0.25) is 10.0 Å². The molecule has 2 aromatic rings. The van der Waals surface area contributed by atoms with E-state index >= 15 is 0 Å². The predicted molar refractivity (Wildman–Crippen MR) is 111 cm³/mol. The molecule has 1 amide bonds. The van der Waals surface area contributed by atoms with E-state index in [2.05, 4.69) is 30.4 Å². The average molecular weight is 421 g/mol. The summed E-state index contributed by atoms with van der Waals surface area (Å²) in [4.78, 5) is 12.6. The molecule has 1 N–H and O–H groups in total. The summed E-state index contributed by atoms with van der Waals surface area (Å²) >= 11 is 6.16. The Bertz CT molecular complexity index is 954. The zero-order valence-corrected chi connectivity index (χ0v) is 17.5. The molecular weight excluding hydrogens is 396 g/mol. The lowest BCUT2D eigenvalue weighted by molar-refractivity contribution is 0.0953. The molecule has 1 fully saturated rings. The lowest BCUT2D eigenvalue weighted by Crippen LogP contribution is -2.29. The van der Waals surface area contributed by atoms with Crippen LogP contribution in [0.4, 0.5) is 0 Å². The topological polar surface area (TPSA) is 66.5 Å². The van der Waals surface area contributed by atoms with E-state index in [1.165, 1.54) is 33.6 Å². The van der Waals surface area contributed by atoms with Crippen LogP contribution < -0.4 is 5.32 Å². The molecule has 0 aliphatic carbocycles. The molecule has 2 aromatic carbocycles. The lowest BCUT2D eigenvalue weighted by Gasteiger charge is -2.16. The van der Waals surface area contributed by atoms with Gasteiger partial charge in [-0.1, -0.05) is 41.4 Å². The Kier molecular flexibility index (Phi) is 6.75. The van der Waals surface area contributed by atoms with Gasteiger partial charge in [0.05, 0.1) is 15.5 Å². The number of rotatable bonds is 7. The van der Waals surface area contributed by atoms with Crippen molar-refractivity contribution in [3.8, 4) is 0 Å². The fourth-order valence-corrected chi connectivity index (χ4v) is 5.12. The fourth-order valence-electron chi connectivity index (χ4n) is 3.37. The maximum Gasteiger partial charge on any atom is 0.252 e. The summed E-state index contributed by atoms with van der Waals surface area (Å²) in [5.41, 5.74) is 2.63. The minimum Gasteiger partial charge on any atom is -0.352 e. The van der Waals surface area contributed by atoms with Gasteiger partial charge < -0.3 is 5.32 Å². The van der Waals surface area contributed by atoms with Crippen molar-refractivity contribution in [2.24, 2.45) is 0 Å². The van der Waals surface area contributed by atoms with Gasteiger partial charge in [-0.25, -0.2) is 8.42 Å². The Morgan fingerprint density at radius 2 is 1.89 bits per heavy atom. The zero-order chi connectivity index (χ0) is 20.1. The van der Waals surface area contributed by atoms with Gasteiger partial charge in [-0.15, -0.1) is 0 Å². The Hall–Kier alpha value is -1.89. The SMILES string of the molecule is Cc1cccc(CCCNC(=O)c2cc(S(=O)(=O)N3CCCC3)ccc2Cl)c1. The van der Waals surface area contributed by atoms with Crippen molar-refractivity contribution in [3.63, 3.8) is 0 Å². The van der Waals surface area contributed by atoms with Crippen LogP contribution in [0.1, 0.15) is 40.7 Å². The molecule has 0 bridgehead atoms. The van der Waals surface area contributed by atoms with Gasteiger partial charge in [0.1, 0.15) is 0 Å². The summed E-state index contributed by atoms with van der Waals surface area (Å²) in [6, 6.07) is 12.6. The van der Waals surface area contributed by atoms with Crippen molar-refractivity contribution in [3.05, 3.63) is 64.2 Å². The Balaban J connectivity index is 1.63. The Morgan fingerprint density at radius 1 is 1.14 bits per heavy atom. The van der Waals surface area contributed by atoms with Crippen LogP contribution in [0, 0.1) is 6.92 Å². The van der Waals surface area contributed by atoms with Crippen molar-refractivity contribution in [2.45, 2.75) is 37.5 Å². The first-order chi connectivity index (χ1) is 13.4. The number of sulfonamides is 1. The molecule has 3 rings (SSSR count). The second kappa shape index (κ2) is 9.07. The third-order valence-corrected chi connectivity index (χ3v) is 7.12. The molecule has 0 aromatic heterocycles. The number of nitrogens with zero attached hydrogens (tertiary/aromatic N) is 1. The zero-order valence-electron chi connectivity index (χ0n) is 15.9. The highest BCUT2D eigenvalue weighted by atomic mass is 35.5. The highest BCUT2D eigenvalue weighted by molar-refractivity contribution is 7.89. The second-order valence-corrected chi connectivity index (χ2v) is 9.45. The lowest BCUT2D eigenvalue weighted by atomic mass is 10.1. The summed E-state index contributed by atoms with van der Waals surface area (Å²) < 4.78 is 26.9. The monoisotopic (exact) mass is 420 g/mol. The Morgan fingerprint density at radius 3 is 2.61 bits per heavy atom. The predicted octanol–water partition coefficient (Wildman–Crippen LogP) is 3.80. The molecular formula is C21H25ClN2O3S. The van der Waals surface area contributed by atoms with E-state index in [4.69, 9.17) is 11.6 Å². The third kappa shape index (κ3) is 4.93. The number of carbonyl (C=O) groups excluding carboxylic acids is 1. The number of hydrogen-bond acceptors (Lipinski definition) is 3. The Labute approximate surface area is 171 Å². The van der Waals surface area contributed by atoms with Crippen molar-refractivity contribution in [1.82, 2.24) is 9.62 Å². The molecule has 1 heterocycles. The second-order valence-electron chi connectivity index (χ2n) is 7.10. The van der Waals surface area contributed by atoms with Crippen molar-refractivity contribution < 1.29 is 13.2 Å². The normalized spacial score (nSPS) is 14.9. The van der Waals surface area contributed by atoms with Crippen molar-refractivity contribution in [1.29, 1.82) is 0 Å². The van der Waals surface area contributed by atoms with E-state index < -0.39 is 10.0 Å². The summed E-state index contributed by atoms with van der Waals surface area (Å²) in [6.07, 6.45) is 3.37. The van der Waals surface area contributed by atoms with Crippen LogP contribution in [0.2, 0.25) is 5.02 Å². The van der Waals surface area contributed by atoms with Crippen molar-refractivity contribution in [2.75, 3.05) is 19.6 Å². The van der Waals surface area contributed by atoms with Gasteiger partial charge >= 0.3 is 0 Å². The largest absolute Gasteiger partial charge is 0.352 e. The van der Waals surface area contributed by atoms with Crippen LogP contribution in [-0.2, 0) is 16.4 Å². The van der Waals surface area contributed by atoms with Gasteiger partial charge in [0.15, 0.2) is 0 Å². The van der Waals surface area contributed by atoms with Gasteiger partial charge in [0, 0.05) is 19.6 Å². The summed E-state index contributed by atoms with van der Waals surface area (Å²) in [5, 5.41) is 3.09. The highest BCUT2D eigenvalue weighted by Crippen LogP contribution is 2.25. The summed E-state index contributed by atoms with van der Waals surface area (Å²) in [7, 11) is -3.58. The van der Waals surface area contributed by atoms with Crippen LogP contribution in [0.3, 0.4) is 0 Å². The molecule has 0 atom stereocenters. The highest BCUT2D eigenvalue weighted by Gasteiger charge is 2.28. The quantitative estimate of drug-likeness (QED) is 0.693. The number of amides is 1. The number of aryl methyl sites for hydroxylation is 2. The molecule has 1 aliphatic heterocycles. The van der Waals surface area contributed by atoms with Crippen LogP contribution in [-0.4, -0.2) is 38.3 Å². The molecule has 150 valence electrons. The van der Waals surface area contributed by atoms with Crippen LogP contribution in [0.25, 0.3) is 0 Å². The number of nitrogens with one attached hydrogen (secondary N) is 1. The maximum absolute atomic E-state index is 12.7. The molecule has 0 saturated carbocycles. The summed E-state index contributed by atoms with van der Waals surface area (Å²) in [5.74, 6) is -0.354. The number of benzene rings is 2. The average Bonchev–Trinajstić information content (AvgIpc) is 3.21. The molecule has 5 nitrogen and oxygen atoms in total. The molecule has 1 saturated heterocycles. The molecule has 0 spiro atoms. The maximum atomic E-state index is 12.7. The molecule has 1 aliphatic rings. The van der Waals surface area contributed by atoms with Gasteiger partial charge in [-0.05, 0) is 56.4 Å². The van der Waals surface area contributed by atoms with E-state index in [-0.39, 0.29) is 21.4 Å². The van der Waals surface area contributed by atoms with E-state index in [0.717, 1.165) is 25.7 Å². The molecule has 0 radical (unpaired) electrons. The van der Waals surface area contributed by atoms with Crippen LogP contribution in [0.15, 0.2) is 47.4 Å².